The lowest BCUT2D eigenvalue weighted by atomic mass is 10.2. The van der Waals surface area contributed by atoms with Crippen LogP contribution >= 0.6 is 0 Å². The number of hydrogen-bond donors (Lipinski definition) is 1. The molecule has 0 aliphatic carbocycles. The molecule has 0 aliphatic rings. The van der Waals surface area contributed by atoms with E-state index in [1.807, 2.05) is 16.8 Å². The van der Waals surface area contributed by atoms with Crippen LogP contribution in [-0.2, 0) is 13.0 Å². The molecule has 0 saturated carbocycles. The van der Waals surface area contributed by atoms with Gasteiger partial charge in [0.15, 0.2) is 0 Å². The van der Waals surface area contributed by atoms with Crippen molar-refractivity contribution in [2.45, 2.75) is 26.8 Å². The number of benzene rings is 1. The molecule has 0 fully saturated rings. The highest BCUT2D eigenvalue weighted by Gasteiger charge is 2.10. The molecule has 1 heterocycles. The van der Waals surface area contributed by atoms with Crippen molar-refractivity contribution in [2.24, 2.45) is 5.73 Å². The normalized spacial score (nSPS) is 10.7. The highest BCUT2D eigenvalue weighted by Crippen LogP contribution is 2.13. The fraction of sp³-hybridized carbons (Fsp3) is 0.333. The van der Waals surface area contributed by atoms with Crippen LogP contribution in [0.4, 0.5) is 0 Å². The Bertz CT molecular complexity index is 470. The third-order valence-electron chi connectivity index (χ3n) is 2.65. The summed E-state index contributed by atoms with van der Waals surface area (Å²) in [5, 5.41) is 8.28. The van der Waals surface area contributed by atoms with Crippen molar-refractivity contribution in [1.29, 1.82) is 0 Å². The van der Waals surface area contributed by atoms with Crippen LogP contribution < -0.4 is 5.73 Å². The molecular weight excluding hydrogens is 200 g/mol. The molecule has 1 aromatic carbocycles. The summed E-state index contributed by atoms with van der Waals surface area (Å²) in [6.07, 6.45) is 0.860. The van der Waals surface area contributed by atoms with Crippen LogP contribution in [0, 0.1) is 6.92 Å². The highest BCUT2D eigenvalue weighted by molar-refractivity contribution is 5.35. The maximum atomic E-state index is 5.74. The van der Waals surface area contributed by atoms with Crippen molar-refractivity contribution in [2.75, 3.05) is 0 Å². The van der Waals surface area contributed by atoms with Crippen LogP contribution in [0.3, 0.4) is 0 Å². The average molecular weight is 216 g/mol. The molecule has 0 saturated heterocycles. The molecule has 2 N–H and O–H groups in total. The molecule has 2 aromatic rings. The van der Waals surface area contributed by atoms with Crippen LogP contribution in [-0.4, -0.2) is 15.0 Å². The van der Waals surface area contributed by atoms with E-state index in [2.05, 4.69) is 36.3 Å². The van der Waals surface area contributed by atoms with Crippen molar-refractivity contribution in [3.05, 3.63) is 41.2 Å². The van der Waals surface area contributed by atoms with Crippen LogP contribution in [0.15, 0.2) is 24.3 Å². The summed E-state index contributed by atoms with van der Waals surface area (Å²) in [5.74, 6) is 0. The second kappa shape index (κ2) is 4.45. The Hall–Kier alpha value is -1.68. The van der Waals surface area contributed by atoms with Crippen LogP contribution in [0.5, 0.6) is 0 Å². The van der Waals surface area contributed by atoms with Gasteiger partial charge < -0.3 is 5.73 Å². The summed E-state index contributed by atoms with van der Waals surface area (Å²) in [4.78, 5) is 0. The van der Waals surface area contributed by atoms with Gasteiger partial charge in [-0.05, 0) is 25.5 Å². The molecule has 0 unspecified atom stereocenters. The number of hydrogen-bond acceptors (Lipinski definition) is 3. The van der Waals surface area contributed by atoms with Gasteiger partial charge in [0.05, 0.1) is 17.1 Å². The van der Waals surface area contributed by atoms with E-state index in [4.69, 9.17) is 5.73 Å². The van der Waals surface area contributed by atoms with Gasteiger partial charge in [0.25, 0.3) is 0 Å². The third kappa shape index (κ3) is 1.84. The monoisotopic (exact) mass is 216 g/mol. The van der Waals surface area contributed by atoms with Crippen molar-refractivity contribution in [3.63, 3.8) is 0 Å². The maximum absolute atomic E-state index is 5.74. The zero-order chi connectivity index (χ0) is 11.5. The molecule has 0 bridgehead atoms. The number of aromatic nitrogens is 3. The Labute approximate surface area is 95.1 Å². The first-order chi connectivity index (χ1) is 7.76. The van der Waals surface area contributed by atoms with Crippen molar-refractivity contribution >= 4 is 0 Å². The van der Waals surface area contributed by atoms with Crippen molar-refractivity contribution in [1.82, 2.24) is 15.0 Å². The van der Waals surface area contributed by atoms with Gasteiger partial charge in [-0.25, -0.2) is 4.68 Å². The van der Waals surface area contributed by atoms with E-state index >= 15 is 0 Å². The van der Waals surface area contributed by atoms with Gasteiger partial charge in [0.2, 0.25) is 0 Å². The van der Waals surface area contributed by atoms with E-state index in [9.17, 15) is 0 Å². The van der Waals surface area contributed by atoms with Crippen LogP contribution in [0.2, 0.25) is 0 Å². The Morgan fingerprint density at radius 3 is 2.50 bits per heavy atom. The number of nitrogens with two attached hydrogens (primary N) is 1. The molecule has 0 spiro atoms. The summed E-state index contributed by atoms with van der Waals surface area (Å²) in [6.45, 7) is 4.58. The van der Waals surface area contributed by atoms with Gasteiger partial charge in [-0.2, -0.15) is 0 Å². The third-order valence-corrected chi connectivity index (χ3v) is 2.65. The smallest absolute Gasteiger partial charge is 0.0874 e. The SMILES string of the molecule is CCc1nnn(-c2ccc(C)cc2)c1CN. The minimum Gasteiger partial charge on any atom is -0.325 e. The zero-order valence-electron chi connectivity index (χ0n) is 9.64. The number of nitrogens with zero attached hydrogens (tertiary/aromatic N) is 3. The fourth-order valence-electron chi connectivity index (χ4n) is 1.71. The van der Waals surface area contributed by atoms with Gasteiger partial charge in [-0.3, -0.25) is 0 Å². The quantitative estimate of drug-likeness (QED) is 0.847. The van der Waals surface area contributed by atoms with Crippen LogP contribution in [0.1, 0.15) is 23.9 Å². The minimum absolute atomic E-state index is 0.462. The molecule has 2 rings (SSSR count). The van der Waals surface area contributed by atoms with E-state index < -0.39 is 0 Å². The lowest BCUT2D eigenvalue weighted by Crippen LogP contribution is -2.08. The Morgan fingerprint density at radius 1 is 1.25 bits per heavy atom. The maximum Gasteiger partial charge on any atom is 0.0874 e. The Kier molecular flexibility index (Phi) is 3.01. The first-order valence-corrected chi connectivity index (χ1v) is 5.46. The minimum atomic E-state index is 0.462. The van der Waals surface area contributed by atoms with E-state index in [1.54, 1.807) is 0 Å². The largest absolute Gasteiger partial charge is 0.325 e. The van der Waals surface area contributed by atoms with Gasteiger partial charge in [0.1, 0.15) is 0 Å². The second-order valence-electron chi connectivity index (χ2n) is 3.79. The molecule has 0 aliphatic heterocycles. The van der Waals surface area contributed by atoms with Crippen molar-refractivity contribution in [3.8, 4) is 5.69 Å². The predicted octanol–water partition coefficient (Wildman–Crippen LogP) is 1.60. The molecule has 84 valence electrons. The highest BCUT2D eigenvalue weighted by atomic mass is 15.4. The second-order valence-corrected chi connectivity index (χ2v) is 3.79. The fourth-order valence-corrected chi connectivity index (χ4v) is 1.71. The lowest BCUT2D eigenvalue weighted by molar-refractivity contribution is 0.761. The summed E-state index contributed by atoms with van der Waals surface area (Å²) in [6, 6.07) is 8.18. The van der Waals surface area contributed by atoms with Crippen molar-refractivity contribution < 1.29 is 0 Å². The standard InChI is InChI=1S/C12H16N4/c1-3-11-12(8-13)16(15-14-11)10-6-4-9(2)5-7-10/h4-7H,3,8,13H2,1-2H3. The molecule has 4 heteroatoms. The molecule has 1 aromatic heterocycles. The van der Waals surface area contributed by atoms with Crippen LogP contribution in [0.25, 0.3) is 5.69 Å². The summed E-state index contributed by atoms with van der Waals surface area (Å²) in [5.41, 5.74) is 9.95. The Morgan fingerprint density at radius 2 is 1.94 bits per heavy atom. The summed E-state index contributed by atoms with van der Waals surface area (Å²) < 4.78 is 1.82. The summed E-state index contributed by atoms with van der Waals surface area (Å²) in [7, 11) is 0. The van der Waals surface area contributed by atoms with Gasteiger partial charge in [-0.15, -0.1) is 5.10 Å². The molecule has 16 heavy (non-hydrogen) atoms. The molecule has 4 nitrogen and oxygen atoms in total. The van der Waals surface area contributed by atoms with E-state index in [0.29, 0.717) is 6.54 Å². The Balaban J connectivity index is 2.47. The number of aryl methyl sites for hydroxylation is 2. The van der Waals surface area contributed by atoms with E-state index in [1.165, 1.54) is 5.56 Å². The van der Waals surface area contributed by atoms with Gasteiger partial charge in [-0.1, -0.05) is 29.8 Å². The molecule has 0 amide bonds. The van der Waals surface area contributed by atoms with Gasteiger partial charge in [0, 0.05) is 6.54 Å². The van der Waals surface area contributed by atoms with E-state index in [-0.39, 0.29) is 0 Å². The van der Waals surface area contributed by atoms with E-state index in [0.717, 1.165) is 23.5 Å². The zero-order valence-corrected chi connectivity index (χ0v) is 9.64. The summed E-state index contributed by atoms with van der Waals surface area (Å²) >= 11 is 0. The number of rotatable bonds is 3. The lowest BCUT2D eigenvalue weighted by Gasteiger charge is -2.05. The predicted molar refractivity (Wildman–Crippen MR) is 63.4 cm³/mol. The molecular formula is C12H16N4. The van der Waals surface area contributed by atoms with Gasteiger partial charge >= 0.3 is 0 Å². The topological polar surface area (TPSA) is 56.7 Å². The first-order valence-electron chi connectivity index (χ1n) is 5.46. The molecule has 0 radical (unpaired) electrons. The average Bonchev–Trinajstić information content (AvgIpc) is 2.72. The first kappa shape index (κ1) is 10.8. The molecule has 0 atom stereocenters.